The highest BCUT2D eigenvalue weighted by Crippen LogP contribution is 2.37. The van der Waals surface area contributed by atoms with Gasteiger partial charge in [-0.25, -0.2) is 9.97 Å². The maximum absolute atomic E-state index is 13.5. The van der Waals surface area contributed by atoms with E-state index in [1.165, 1.54) is 0 Å². The molecular formula is C23H22F6N6O6S. The van der Waals surface area contributed by atoms with Crippen molar-refractivity contribution >= 4 is 21.9 Å². The maximum Gasteiger partial charge on any atom is 0.416 e. The summed E-state index contributed by atoms with van der Waals surface area (Å²) in [4.78, 5) is 20.9. The van der Waals surface area contributed by atoms with Crippen LogP contribution in [-0.4, -0.2) is 75.6 Å². The highest BCUT2D eigenvalue weighted by Gasteiger charge is 2.45. The Morgan fingerprint density at radius 3 is 2.48 bits per heavy atom. The lowest BCUT2D eigenvalue weighted by atomic mass is 10.0. The molecule has 2 heterocycles. The molecule has 2 aromatic heterocycles. The fourth-order valence-corrected chi connectivity index (χ4v) is 4.88. The normalized spacial score (nSPS) is 21.5. The first-order valence-electron chi connectivity index (χ1n) is 11.9. The first kappa shape index (κ1) is 31.3. The number of hydrogen-bond acceptors (Lipinski definition) is 10. The number of aliphatic hydroxyl groups excluding tert-OH is 2. The van der Waals surface area contributed by atoms with Crippen molar-refractivity contribution in [2.45, 2.75) is 49.7 Å². The highest BCUT2D eigenvalue weighted by atomic mass is 32.2. The second kappa shape index (κ2) is 11.6. The summed E-state index contributed by atoms with van der Waals surface area (Å²) in [7, 11) is -3.12. The Labute approximate surface area is 233 Å². The molecule has 1 aliphatic carbocycles. The van der Waals surface area contributed by atoms with Gasteiger partial charge in [0.05, 0.1) is 29.3 Å². The number of benzene rings is 1. The molecule has 19 heteroatoms. The van der Waals surface area contributed by atoms with Crippen molar-refractivity contribution in [1.29, 1.82) is 0 Å². The first-order valence-corrected chi connectivity index (χ1v) is 13.3. The van der Waals surface area contributed by atoms with Crippen LogP contribution in [0.15, 0.2) is 43.0 Å². The monoisotopic (exact) mass is 624 g/mol. The number of anilines is 1. The minimum atomic E-state index is -5.09. The lowest BCUT2D eigenvalue weighted by Gasteiger charge is -2.19. The molecule has 0 amide bonds. The van der Waals surface area contributed by atoms with Gasteiger partial charge in [0.1, 0.15) is 36.2 Å². The van der Waals surface area contributed by atoms with E-state index in [9.17, 15) is 49.8 Å². The van der Waals surface area contributed by atoms with Gasteiger partial charge in [-0.1, -0.05) is 6.07 Å². The van der Waals surface area contributed by atoms with E-state index >= 15 is 0 Å². The summed E-state index contributed by atoms with van der Waals surface area (Å²) in [5, 5.41) is 27.3. The zero-order chi connectivity index (χ0) is 31.0. The van der Waals surface area contributed by atoms with Crippen molar-refractivity contribution in [2.24, 2.45) is 0 Å². The molecular weight excluding hydrogens is 602 g/mol. The molecule has 228 valence electrons. The Balaban J connectivity index is 1.54. The van der Waals surface area contributed by atoms with Crippen LogP contribution in [-0.2, 0) is 33.4 Å². The molecule has 0 saturated heterocycles. The van der Waals surface area contributed by atoms with Gasteiger partial charge < -0.3 is 15.5 Å². The molecule has 1 aliphatic rings. The highest BCUT2D eigenvalue weighted by molar-refractivity contribution is 7.84. The van der Waals surface area contributed by atoms with Gasteiger partial charge in [-0.2, -0.15) is 44.6 Å². The summed E-state index contributed by atoms with van der Waals surface area (Å²) in [6.07, 6.45) is -11.5. The van der Waals surface area contributed by atoms with Crippen LogP contribution < -0.4 is 10.0 Å². The second-order valence-corrected chi connectivity index (χ2v) is 10.6. The molecule has 0 spiro atoms. The van der Waals surface area contributed by atoms with Crippen LogP contribution >= 0.6 is 0 Å². The molecule has 1 aromatic carbocycles. The summed E-state index contributed by atoms with van der Waals surface area (Å²) >= 11 is 0. The second-order valence-electron chi connectivity index (χ2n) is 9.14. The molecule has 0 bridgehead atoms. The average Bonchev–Trinajstić information content (AvgIpc) is 3.48. The summed E-state index contributed by atoms with van der Waals surface area (Å²) in [6.45, 7) is -0.611. The van der Waals surface area contributed by atoms with Crippen molar-refractivity contribution in [3.8, 4) is 0 Å². The molecule has 4 rings (SSSR count). The first-order chi connectivity index (χ1) is 19.5. The van der Waals surface area contributed by atoms with Crippen LogP contribution in [0.5, 0.6) is 0 Å². The van der Waals surface area contributed by atoms with Gasteiger partial charge in [0.15, 0.2) is 0 Å². The number of alkyl halides is 6. The molecule has 4 N–H and O–H groups in total. The number of halogens is 6. The Morgan fingerprint density at radius 1 is 1.12 bits per heavy atom. The lowest BCUT2D eigenvalue weighted by molar-refractivity contribution is -0.143. The molecule has 1 saturated carbocycles. The molecule has 0 unspecified atom stereocenters. The number of ketones is 1. The summed E-state index contributed by atoms with van der Waals surface area (Å²) in [6, 6.07) is 1.33. The van der Waals surface area contributed by atoms with Gasteiger partial charge >= 0.3 is 22.7 Å². The van der Waals surface area contributed by atoms with Crippen molar-refractivity contribution < 1.29 is 54.0 Å². The summed E-state index contributed by atoms with van der Waals surface area (Å²) in [5.74, 6) is -0.945. The zero-order valence-electron chi connectivity index (χ0n) is 21.3. The van der Waals surface area contributed by atoms with Crippen LogP contribution in [0.2, 0.25) is 0 Å². The van der Waals surface area contributed by atoms with Crippen LogP contribution in [0.3, 0.4) is 0 Å². The zero-order valence-corrected chi connectivity index (χ0v) is 22.1. The van der Waals surface area contributed by atoms with E-state index in [1.807, 2.05) is 4.72 Å². The van der Waals surface area contributed by atoms with Crippen LogP contribution in [0.1, 0.15) is 39.2 Å². The van der Waals surface area contributed by atoms with Gasteiger partial charge in [-0.15, -0.1) is 0 Å². The van der Waals surface area contributed by atoms with Gasteiger partial charge in [0.25, 0.3) is 0 Å². The smallest absolute Gasteiger partial charge is 0.388 e. The van der Waals surface area contributed by atoms with Gasteiger partial charge in [-0.05, 0) is 23.8 Å². The molecule has 0 aliphatic heterocycles. The van der Waals surface area contributed by atoms with Gasteiger partial charge in [-0.3, -0.25) is 13.7 Å². The molecule has 3 aromatic rings. The lowest BCUT2D eigenvalue weighted by Crippen LogP contribution is -2.38. The van der Waals surface area contributed by atoms with E-state index < -0.39 is 76.0 Å². The maximum atomic E-state index is 13.5. The fourth-order valence-electron chi connectivity index (χ4n) is 4.26. The van der Waals surface area contributed by atoms with E-state index in [4.69, 9.17) is 4.18 Å². The Kier molecular flexibility index (Phi) is 8.61. The van der Waals surface area contributed by atoms with E-state index in [2.05, 4.69) is 20.4 Å². The predicted octanol–water partition coefficient (Wildman–Crippen LogP) is 1.75. The number of nitrogens with zero attached hydrogens (tertiary/aromatic N) is 4. The molecule has 4 atom stereocenters. The van der Waals surface area contributed by atoms with Gasteiger partial charge in [0.2, 0.25) is 5.78 Å². The van der Waals surface area contributed by atoms with Crippen LogP contribution in [0.25, 0.3) is 0 Å². The quantitative estimate of drug-likeness (QED) is 0.203. The molecule has 12 nitrogen and oxygen atoms in total. The third-order valence-corrected chi connectivity index (χ3v) is 7.36. The number of aromatic nitrogens is 4. The fraction of sp³-hybridized carbons (Fsp3) is 0.391. The topological polar surface area (TPSA) is 169 Å². The third kappa shape index (κ3) is 6.86. The Morgan fingerprint density at radius 2 is 1.83 bits per heavy atom. The van der Waals surface area contributed by atoms with Crippen LogP contribution in [0.4, 0.5) is 32.2 Å². The summed E-state index contributed by atoms with van der Waals surface area (Å²) in [5.41, 5.74) is -3.97. The van der Waals surface area contributed by atoms with Crippen molar-refractivity contribution in [2.75, 3.05) is 12.4 Å². The number of nitrogens with one attached hydrogen (secondary N) is 2. The minimum absolute atomic E-state index is 0.00230. The van der Waals surface area contributed by atoms with E-state index in [0.717, 1.165) is 36.5 Å². The number of rotatable bonds is 9. The largest absolute Gasteiger partial charge is 0.416 e. The van der Waals surface area contributed by atoms with Crippen LogP contribution in [0, 0.1) is 0 Å². The predicted molar refractivity (Wildman–Crippen MR) is 130 cm³/mol. The van der Waals surface area contributed by atoms with Crippen molar-refractivity contribution in [3.05, 3.63) is 70.9 Å². The molecule has 1 fully saturated rings. The summed E-state index contributed by atoms with van der Waals surface area (Å²) < 4.78 is 111. The van der Waals surface area contributed by atoms with E-state index in [-0.39, 0.29) is 29.6 Å². The number of hydrogen-bond donors (Lipinski definition) is 4. The van der Waals surface area contributed by atoms with E-state index in [1.54, 1.807) is 0 Å². The standard InChI is InChI=1S/C23H22F6N6O6S/c1-30-42(39,40)41-17-7-16(19(37)20(17)38)33-21-13(8-31-10-32-21)18(36)15-4-5-35(34-15)9-11-2-3-12(22(24,25)26)6-14(11)23(27,28)29/h2-6,8,10,16-17,19-20,30,37-38H,7,9H2,1H3,(H,31,32,33)/t16-,17-,19+,20+/m1/s1. The SMILES string of the molecule is CNS(=O)(=O)O[C@@H]1C[C@@H](Nc2ncncc2C(=O)c2ccn(Cc3ccc(C(F)(F)F)cc3C(F)(F)F)n2)[C@H](O)[C@H]1O. The number of aliphatic hydroxyl groups is 2. The van der Waals surface area contributed by atoms with Gasteiger partial charge in [0, 0.05) is 25.9 Å². The van der Waals surface area contributed by atoms with Crippen molar-refractivity contribution in [3.63, 3.8) is 0 Å². The minimum Gasteiger partial charge on any atom is -0.388 e. The Hall–Kier alpha value is -3.65. The van der Waals surface area contributed by atoms with E-state index in [0.29, 0.717) is 12.1 Å². The van der Waals surface area contributed by atoms with Crippen molar-refractivity contribution in [1.82, 2.24) is 24.5 Å². The molecule has 42 heavy (non-hydrogen) atoms. The number of carbonyl (C=O) groups excluding carboxylic acids is 1. The number of carbonyl (C=O) groups is 1. The molecule has 0 radical (unpaired) electrons. The Bertz CT molecular complexity index is 1560. The average molecular weight is 625 g/mol. The third-order valence-electron chi connectivity index (χ3n) is 6.36.